The molecule has 1 saturated heterocycles. The van der Waals surface area contributed by atoms with Gasteiger partial charge in [0.1, 0.15) is 5.60 Å². The van der Waals surface area contributed by atoms with Crippen molar-refractivity contribution in [2.24, 2.45) is 0 Å². The summed E-state index contributed by atoms with van der Waals surface area (Å²) >= 11 is 1.59. The molecular formula is C19H24N2O2S. The minimum atomic E-state index is -0.892. The standard InChI is InChI=1S/C19H24N2O2S/c1-14(20-13-19(2,23)16-8-10-24-12-16)15-5-3-6-17(11-15)21-9-4-7-18(21)22/h3,5-6,8,10-12,14,20,23H,4,7,9,13H2,1-2H3. The maximum absolute atomic E-state index is 11.9. The van der Waals surface area contributed by atoms with Crippen LogP contribution >= 0.6 is 11.3 Å². The molecule has 0 aliphatic carbocycles. The summed E-state index contributed by atoms with van der Waals surface area (Å²) in [6, 6.07) is 10.2. The molecule has 1 amide bonds. The zero-order valence-electron chi connectivity index (χ0n) is 14.2. The molecule has 2 unspecified atom stereocenters. The Labute approximate surface area is 147 Å². The lowest BCUT2D eigenvalue weighted by molar-refractivity contribution is -0.117. The molecule has 1 aromatic carbocycles. The smallest absolute Gasteiger partial charge is 0.227 e. The molecule has 0 spiro atoms. The van der Waals surface area contributed by atoms with Crippen molar-refractivity contribution in [3.63, 3.8) is 0 Å². The van der Waals surface area contributed by atoms with Gasteiger partial charge in [-0.2, -0.15) is 11.3 Å². The van der Waals surface area contributed by atoms with E-state index in [1.807, 2.05) is 40.8 Å². The van der Waals surface area contributed by atoms with E-state index in [2.05, 4.69) is 24.4 Å². The van der Waals surface area contributed by atoms with E-state index in [0.717, 1.165) is 29.8 Å². The van der Waals surface area contributed by atoms with Gasteiger partial charge < -0.3 is 15.3 Å². The highest BCUT2D eigenvalue weighted by molar-refractivity contribution is 7.08. The molecule has 5 heteroatoms. The molecule has 1 fully saturated rings. The quantitative estimate of drug-likeness (QED) is 0.844. The molecule has 1 aliphatic rings. The molecule has 3 rings (SSSR count). The van der Waals surface area contributed by atoms with Gasteiger partial charge in [-0.3, -0.25) is 4.79 Å². The van der Waals surface area contributed by atoms with E-state index in [0.29, 0.717) is 13.0 Å². The lowest BCUT2D eigenvalue weighted by Crippen LogP contribution is -2.36. The normalized spacial score (nSPS) is 18.6. The lowest BCUT2D eigenvalue weighted by atomic mass is 9.98. The maximum atomic E-state index is 11.9. The molecule has 4 nitrogen and oxygen atoms in total. The number of carbonyl (C=O) groups is 1. The van der Waals surface area contributed by atoms with Crippen LogP contribution in [-0.2, 0) is 10.4 Å². The Morgan fingerprint density at radius 3 is 2.92 bits per heavy atom. The van der Waals surface area contributed by atoms with Crippen molar-refractivity contribution in [1.29, 1.82) is 0 Å². The number of rotatable bonds is 6. The number of hydrogen-bond acceptors (Lipinski definition) is 4. The summed E-state index contributed by atoms with van der Waals surface area (Å²) in [5.41, 5.74) is 2.13. The lowest BCUT2D eigenvalue weighted by Gasteiger charge is -2.26. The Morgan fingerprint density at radius 1 is 1.42 bits per heavy atom. The number of carbonyl (C=O) groups excluding carboxylic acids is 1. The van der Waals surface area contributed by atoms with Crippen molar-refractivity contribution in [3.8, 4) is 0 Å². The van der Waals surface area contributed by atoms with Crippen LogP contribution in [0.1, 0.15) is 43.9 Å². The first kappa shape index (κ1) is 17.1. The van der Waals surface area contributed by atoms with Gasteiger partial charge >= 0.3 is 0 Å². The predicted octanol–water partition coefficient (Wildman–Crippen LogP) is 3.43. The zero-order chi connectivity index (χ0) is 17.2. The van der Waals surface area contributed by atoms with Gasteiger partial charge in [0.25, 0.3) is 0 Å². The SMILES string of the molecule is CC(NCC(C)(O)c1ccsc1)c1cccc(N2CCCC2=O)c1. The van der Waals surface area contributed by atoms with Crippen LogP contribution in [0.25, 0.3) is 0 Å². The number of thiophene rings is 1. The van der Waals surface area contributed by atoms with Gasteiger partial charge in [-0.15, -0.1) is 0 Å². The van der Waals surface area contributed by atoms with Gasteiger partial charge in [0, 0.05) is 31.2 Å². The van der Waals surface area contributed by atoms with Crippen LogP contribution in [0.4, 0.5) is 5.69 Å². The van der Waals surface area contributed by atoms with E-state index in [-0.39, 0.29) is 11.9 Å². The Balaban J connectivity index is 1.67. The van der Waals surface area contributed by atoms with Crippen LogP contribution < -0.4 is 10.2 Å². The fraction of sp³-hybridized carbons (Fsp3) is 0.421. The van der Waals surface area contributed by atoms with Crippen molar-refractivity contribution >= 4 is 22.9 Å². The summed E-state index contributed by atoms with van der Waals surface area (Å²) in [5.74, 6) is 0.202. The summed E-state index contributed by atoms with van der Waals surface area (Å²) in [6.07, 6.45) is 1.57. The molecule has 0 bridgehead atoms. The number of aliphatic hydroxyl groups is 1. The van der Waals surface area contributed by atoms with E-state index in [1.165, 1.54) is 0 Å². The summed E-state index contributed by atoms with van der Waals surface area (Å²) in [5, 5.41) is 18.0. The second-order valence-corrected chi connectivity index (χ2v) is 7.41. The molecule has 2 N–H and O–H groups in total. The third kappa shape index (κ3) is 3.69. The van der Waals surface area contributed by atoms with E-state index in [9.17, 15) is 9.90 Å². The first-order valence-electron chi connectivity index (χ1n) is 8.36. The minimum absolute atomic E-state index is 0.0905. The van der Waals surface area contributed by atoms with Gasteiger partial charge in [0.05, 0.1) is 0 Å². The van der Waals surface area contributed by atoms with E-state index >= 15 is 0 Å². The molecule has 24 heavy (non-hydrogen) atoms. The van der Waals surface area contributed by atoms with Gasteiger partial charge in [-0.1, -0.05) is 12.1 Å². The maximum Gasteiger partial charge on any atom is 0.227 e. The molecule has 0 saturated carbocycles. The van der Waals surface area contributed by atoms with Gasteiger partial charge in [0.2, 0.25) is 5.91 Å². The Morgan fingerprint density at radius 2 is 2.25 bits per heavy atom. The third-order valence-corrected chi connectivity index (χ3v) is 5.33. The third-order valence-electron chi connectivity index (χ3n) is 4.65. The van der Waals surface area contributed by atoms with Crippen molar-refractivity contribution in [3.05, 3.63) is 52.2 Å². The predicted molar refractivity (Wildman–Crippen MR) is 98.3 cm³/mol. The zero-order valence-corrected chi connectivity index (χ0v) is 15.0. The van der Waals surface area contributed by atoms with Crippen LogP contribution in [0.2, 0.25) is 0 Å². The molecule has 128 valence electrons. The molecule has 2 atom stereocenters. The number of hydrogen-bond donors (Lipinski definition) is 2. The first-order chi connectivity index (χ1) is 11.5. The number of benzene rings is 1. The average Bonchev–Trinajstić information content (AvgIpc) is 3.24. The van der Waals surface area contributed by atoms with Crippen molar-refractivity contribution < 1.29 is 9.90 Å². The summed E-state index contributed by atoms with van der Waals surface area (Å²) in [4.78, 5) is 13.8. The Kier molecular flexibility index (Phi) is 5.04. The fourth-order valence-corrected chi connectivity index (χ4v) is 3.81. The second-order valence-electron chi connectivity index (χ2n) is 6.63. The largest absolute Gasteiger partial charge is 0.384 e. The van der Waals surface area contributed by atoms with Gasteiger partial charge in [-0.05, 0) is 60.4 Å². The highest BCUT2D eigenvalue weighted by Crippen LogP contribution is 2.26. The van der Waals surface area contributed by atoms with E-state index in [4.69, 9.17) is 0 Å². The monoisotopic (exact) mass is 344 g/mol. The molecule has 0 radical (unpaired) electrons. The van der Waals surface area contributed by atoms with Gasteiger partial charge in [-0.25, -0.2) is 0 Å². The highest BCUT2D eigenvalue weighted by Gasteiger charge is 2.25. The minimum Gasteiger partial charge on any atom is -0.384 e. The fourth-order valence-electron chi connectivity index (χ4n) is 3.03. The topological polar surface area (TPSA) is 52.6 Å². The van der Waals surface area contributed by atoms with Gasteiger partial charge in [0.15, 0.2) is 0 Å². The van der Waals surface area contributed by atoms with E-state index < -0.39 is 5.60 Å². The van der Waals surface area contributed by atoms with Crippen molar-refractivity contribution in [1.82, 2.24) is 5.32 Å². The van der Waals surface area contributed by atoms with Crippen LogP contribution in [0.5, 0.6) is 0 Å². The molecule has 1 aliphatic heterocycles. The van der Waals surface area contributed by atoms with Crippen LogP contribution in [-0.4, -0.2) is 24.1 Å². The first-order valence-corrected chi connectivity index (χ1v) is 9.30. The van der Waals surface area contributed by atoms with E-state index in [1.54, 1.807) is 11.3 Å². The number of amides is 1. The van der Waals surface area contributed by atoms with Crippen LogP contribution in [0.15, 0.2) is 41.1 Å². The average molecular weight is 344 g/mol. The molecule has 2 aromatic rings. The highest BCUT2D eigenvalue weighted by atomic mass is 32.1. The summed E-state index contributed by atoms with van der Waals surface area (Å²) in [7, 11) is 0. The second kappa shape index (κ2) is 7.05. The number of nitrogens with one attached hydrogen (secondary N) is 1. The van der Waals surface area contributed by atoms with Crippen LogP contribution in [0.3, 0.4) is 0 Å². The van der Waals surface area contributed by atoms with Crippen molar-refractivity contribution in [2.75, 3.05) is 18.0 Å². The summed E-state index contributed by atoms with van der Waals surface area (Å²) < 4.78 is 0. The van der Waals surface area contributed by atoms with Crippen molar-refractivity contribution in [2.45, 2.75) is 38.3 Å². The molecule has 1 aromatic heterocycles. The van der Waals surface area contributed by atoms with Crippen LogP contribution in [0, 0.1) is 0 Å². The Bertz CT molecular complexity index is 697. The number of nitrogens with zero attached hydrogens (tertiary/aromatic N) is 1. The molecular weight excluding hydrogens is 320 g/mol. The summed E-state index contributed by atoms with van der Waals surface area (Å²) in [6.45, 7) is 5.18. The Hall–Kier alpha value is -1.69. The molecule has 2 heterocycles. The number of anilines is 1.